The van der Waals surface area contributed by atoms with Crippen LogP contribution >= 0.6 is 0 Å². The zero-order valence-electron chi connectivity index (χ0n) is 16.4. The molecule has 0 aliphatic carbocycles. The van der Waals surface area contributed by atoms with E-state index in [0.717, 1.165) is 4.90 Å². The highest BCUT2D eigenvalue weighted by atomic mass is 16.5. The summed E-state index contributed by atoms with van der Waals surface area (Å²) in [5.41, 5.74) is 1.35. The molecule has 0 aromatic heterocycles. The lowest BCUT2D eigenvalue weighted by molar-refractivity contribution is -0.138. The normalized spacial score (nSPS) is 13.3. The Kier molecular flexibility index (Phi) is 5.97. The number of rotatable bonds is 7. The second kappa shape index (κ2) is 8.60. The molecule has 2 aromatic carbocycles. The third-order valence-electron chi connectivity index (χ3n) is 4.51. The number of fused-ring (bicyclic) bond motifs is 1. The van der Waals surface area contributed by atoms with E-state index in [2.05, 4.69) is 0 Å². The molecule has 1 aliphatic rings. The molecule has 29 heavy (non-hydrogen) atoms. The number of carbonyl (C=O) groups excluding carboxylic acids is 3. The van der Waals surface area contributed by atoms with Crippen molar-refractivity contribution < 1.29 is 28.6 Å². The van der Waals surface area contributed by atoms with Crippen LogP contribution in [0, 0.1) is 0 Å². The van der Waals surface area contributed by atoms with E-state index in [1.165, 1.54) is 14.2 Å². The maximum Gasteiger partial charge on any atom is 0.335 e. The molecule has 0 saturated carbocycles. The van der Waals surface area contributed by atoms with Crippen LogP contribution in [-0.4, -0.2) is 50.1 Å². The van der Waals surface area contributed by atoms with Crippen LogP contribution in [0.1, 0.15) is 33.2 Å². The first kappa shape index (κ1) is 20.1. The topological polar surface area (TPSA) is 82.1 Å². The summed E-state index contributed by atoms with van der Waals surface area (Å²) in [5, 5.41) is 0. The molecule has 7 heteroatoms. The number of hydrogen-bond acceptors (Lipinski definition) is 6. The number of benzene rings is 2. The summed E-state index contributed by atoms with van der Waals surface area (Å²) in [6, 6.07) is 11.7. The molecule has 0 unspecified atom stereocenters. The van der Waals surface area contributed by atoms with E-state index in [-0.39, 0.29) is 18.7 Å². The Labute approximate surface area is 168 Å². The largest absolute Gasteiger partial charge is 0.497 e. The number of carbonyl (C=O) groups is 3. The molecule has 2 amide bonds. The van der Waals surface area contributed by atoms with E-state index in [1.54, 1.807) is 55.5 Å². The van der Waals surface area contributed by atoms with Crippen molar-refractivity contribution in [1.29, 1.82) is 0 Å². The van der Waals surface area contributed by atoms with Crippen LogP contribution in [0.2, 0.25) is 0 Å². The number of hydrogen-bond donors (Lipinski definition) is 0. The summed E-state index contributed by atoms with van der Waals surface area (Å²) in [5.74, 6) is -0.429. The molecule has 7 nitrogen and oxygen atoms in total. The van der Waals surface area contributed by atoms with E-state index >= 15 is 0 Å². The quantitative estimate of drug-likeness (QED) is 0.407. The van der Waals surface area contributed by atoms with Gasteiger partial charge in [-0.2, -0.15) is 0 Å². The van der Waals surface area contributed by atoms with Gasteiger partial charge in [0.25, 0.3) is 11.8 Å². The van der Waals surface area contributed by atoms with Crippen molar-refractivity contribution in [3.63, 3.8) is 0 Å². The average molecular weight is 395 g/mol. The maximum atomic E-state index is 12.7. The molecule has 0 N–H and O–H groups in total. The lowest BCUT2D eigenvalue weighted by Crippen LogP contribution is -2.33. The molecular formula is C22H21NO6. The van der Waals surface area contributed by atoms with Gasteiger partial charge in [-0.25, -0.2) is 4.79 Å². The molecule has 0 radical (unpaired) electrons. The molecule has 1 heterocycles. The van der Waals surface area contributed by atoms with Gasteiger partial charge in [-0.15, -0.1) is 0 Å². The van der Waals surface area contributed by atoms with E-state index in [4.69, 9.17) is 14.2 Å². The number of ether oxygens (including phenoxy) is 3. The molecular weight excluding hydrogens is 374 g/mol. The Bertz CT molecular complexity index is 960. The van der Waals surface area contributed by atoms with Gasteiger partial charge in [0.05, 0.1) is 44.1 Å². The second-order valence-corrected chi connectivity index (χ2v) is 6.24. The highest BCUT2D eigenvalue weighted by Gasteiger charge is 2.36. The number of methoxy groups -OCH3 is 2. The zero-order chi connectivity index (χ0) is 21.0. The molecule has 150 valence electrons. The zero-order valence-corrected chi connectivity index (χ0v) is 16.4. The summed E-state index contributed by atoms with van der Waals surface area (Å²) in [6.07, 6.45) is 1.54. The second-order valence-electron chi connectivity index (χ2n) is 6.24. The van der Waals surface area contributed by atoms with Gasteiger partial charge in [0.15, 0.2) is 0 Å². The Morgan fingerprint density at radius 1 is 1.00 bits per heavy atom. The summed E-state index contributed by atoms with van der Waals surface area (Å²) in [6.45, 7) is 1.63. The van der Waals surface area contributed by atoms with Gasteiger partial charge in [-0.3, -0.25) is 14.5 Å². The van der Waals surface area contributed by atoms with Crippen molar-refractivity contribution >= 4 is 23.9 Å². The Hall–Kier alpha value is -3.61. The molecule has 1 aliphatic heterocycles. The van der Waals surface area contributed by atoms with Gasteiger partial charge in [0, 0.05) is 5.56 Å². The van der Waals surface area contributed by atoms with Crippen molar-refractivity contribution in [2.75, 3.05) is 27.4 Å². The van der Waals surface area contributed by atoms with Gasteiger partial charge < -0.3 is 14.2 Å². The van der Waals surface area contributed by atoms with Crippen LogP contribution in [0.5, 0.6) is 11.5 Å². The number of esters is 1. The van der Waals surface area contributed by atoms with Gasteiger partial charge in [-0.1, -0.05) is 12.1 Å². The summed E-state index contributed by atoms with van der Waals surface area (Å²) in [7, 11) is 3.04. The molecule has 0 fully saturated rings. The first-order valence-electron chi connectivity index (χ1n) is 9.05. The maximum absolute atomic E-state index is 12.7. The third kappa shape index (κ3) is 3.99. The van der Waals surface area contributed by atoms with Crippen LogP contribution in [0.15, 0.2) is 48.0 Å². The predicted octanol–water partition coefficient (Wildman–Crippen LogP) is 2.95. The van der Waals surface area contributed by atoms with Crippen molar-refractivity contribution in [2.24, 2.45) is 0 Å². The average Bonchev–Trinajstić information content (AvgIpc) is 2.98. The van der Waals surface area contributed by atoms with Crippen LogP contribution in [0.4, 0.5) is 0 Å². The Morgan fingerprint density at radius 2 is 1.66 bits per heavy atom. The van der Waals surface area contributed by atoms with E-state index in [1.807, 2.05) is 0 Å². The van der Waals surface area contributed by atoms with E-state index in [9.17, 15) is 14.4 Å². The van der Waals surface area contributed by atoms with Gasteiger partial charge in [0.2, 0.25) is 0 Å². The number of imide groups is 1. The molecule has 0 saturated heterocycles. The highest BCUT2D eigenvalue weighted by Crippen LogP contribution is 2.28. The Balaban J connectivity index is 2.00. The predicted molar refractivity (Wildman–Crippen MR) is 106 cm³/mol. The van der Waals surface area contributed by atoms with Crippen molar-refractivity contribution in [2.45, 2.75) is 6.92 Å². The first-order chi connectivity index (χ1) is 14.0. The minimum atomic E-state index is -0.617. The van der Waals surface area contributed by atoms with Gasteiger partial charge in [0.1, 0.15) is 11.5 Å². The fourth-order valence-electron chi connectivity index (χ4n) is 3.09. The van der Waals surface area contributed by atoms with Gasteiger partial charge in [-0.05, 0) is 43.3 Å². The molecule has 0 bridgehead atoms. The Morgan fingerprint density at radius 3 is 2.21 bits per heavy atom. The fraction of sp³-hybridized carbons (Fsp3) is 0.227. The molecule has 3 rings (SSSR count). The van der Waals surface area contributed by atoms with Crippen molar-refractivity contribution in [3.8, 4) is 11.5 Å². The van der Waals surface area contributed by atoms with E-state index < -0.39 is 17.8 Å². The smallest absolute Gasteiger partial charge is 0.335 e. The van der Waals surface area contributed by atoms with Crippen LogP contribution in [-0.2, 0) is 9.53 Å². The monoisotopic (exact) mass is 395 g/mol. The minimum Gasteiger partial charge on any atom is -0.497 e. The van der Waals surface area contributed by atoms with Crippen LogP contribution in [0.3, 0.4) is 0 Å². The highest BCUT2D eigenvalue weighted by molar-refractivity contribution is 6.21. The third-order valence-corrected chi connectivity index (χ3v) is 4.51. The molecule has 2 aromatic rings. The van der Waals surface area contributed by atoms with Crippen molar-refractivity contribution in [1.82, 2.24) is 4.90 Å². The van der Waals surface area contributed by atoms with Gasteiger partial charge >= 0.3 is 5.97 Å². The summed E-state index contributed by atoms with van der Waals surface area (Å²) in [4.78, 5) is 39.0. The standard InChI is InChI=1S/C22H21NO6/c1-4-29-22(26)15(11-14-12-16(27-2)9-10-19(14)28-3)13-23-20(24)17-7-5-6-8-18(17)21(23)25/h5-12H,4,13H2,1-3H3/b15-11+. The molecule has 0 spiro atoms. The van der Waals surface area contributed by atoms with Crippen LogP contribution in [0.25, 0.3) is 6.08 Å². The number of amides is 2. The summed E-state index contributed by atoms with van der Waals surface area (Å²) >= 11 is 0. The summed E-state index contributed by atoms with van der Waals surface area (Å²) < 4.78 is 15.7. The van der Waals surface area contributed by atoms with E-state index in [0.29, 0.717) is 28.2 Å². The van der Waals surface area contributed by atoms with Crippen molar-refractivity contribution in [3.05, 3.63) is 64.7 Å². The minimum absolute atomic E-state index is 0.146. The lowest BCUT2D eigenvalue weighted by Gasteiger charge is -2.16. The van der Waals surface area contributed by atoms with Crippen LogP contribution < -0.4 is 9.47 Å². The first-order valence-corrected chi connectivity index (χ1v) is 9.05. The molecule has 0 atom stereocenters. The number of nitrogens with zero attached hydrogens (tertiary/aromatic N) is 1. The SMILES string of the molecule is CCOC(=O)/C(=C/c1cc(OC)ccc1OC)CN1C(=O)c2ccccc2C1=O. The fourth-order valence-corrected chi connectivity index (χ4v) is 3.09. The lowest BCUT2D eigenvalue weighted by atomic mass is 10.1.